The van der Waals surface area contributed by atoms with Crippen molar-refractivity contribution >= 4 is 21.8 Å². The predicted octanol–water partition coefficient (Wildman–Crippen LogP) is 2.61. The fraction of sp³-hybridized carbons (Fsp3) is 0.462. The normalized spacial score (nSPS) is 14.5. The highest BCUT2D eigenvalue weighted by atomic mass is 79.9. The molecular weight excluding hydrogens is 280 g/mol. The average molecular weight is 299 g/mol. The molecule has 1 aromatic rings. The van der Waals surface area contributed by atoms with E-state index in [4.69, 9.17) is 5.73 Å². The van der Waals surface area contributed by atoms with E-state index in [9.17, 15) is 4.79 Å². The highest BCUT2D eigenvalue weighted by Gasteiger charge is 2.19. The monoisotopic (exact) mass is 298 g/mol. The molecule has 94 valence electrons. The molecule has 0 saturated carbocycles. The summed E-state index contributed by atoms with van der Waals surface area (Å²) < 4.78 is 1.03. The van der Waals surface area contributed by atoms with Crippen molar-refractivity contribution in [2.45, 2.75) is 32.9 Å². The molecule has 3 N–H and O–H groups in total. The Hall–Kier alpha value is -0.870. The lowest BCUT2D eigenvalue weighted by Gasteiger charge is -2.20. The number of hydrogen-bond acceptors (Lipinski definition) is 2. The fourth-order valence-electron chi connectivity index (χ4n) is 1.45. The number of carbonyl (C=O) groups excluding carboxylic acids is 1. The van der Waals surface area contributed by atoms with E-state index in [-0.39, 0.29) is 17.9 Å². The lowest BCUT2D eigenvalue weighted by molar-refractivity contribution is -0.123. The van der Waals surface area contributed by atoms with Crippen LogP contribution in [0.3, 0.4) is 0 Å². The summed E-state index contributed by atoms with van der Waals surface area (Å²) in [6.45, 7) is 5.83. The first-order valence-corrected chi connectivity index (χ1v) is 6.52. The van der Waals surface area contributed by atoms with Crippen LogP contribution in [-0.2, 0) is 4.79 Å². The SMILES string of the molecule is CC(C)C(N)C(=O)N[C@H](C)c1ccc(Br)cc1. The number of hydrogen-bond donors (Lipinski definition) is 2. The topological polar surface area (TPSA) is 55.1 Å². The molecule has 2 atom stereocenters. The van der Waals surface area contributed by atoms with Crippen LogP contribution in [0.15, 0.2) is 28.7 Å². The van der Waals surface area contributed by atoms with E-state index in [1.165, 1.54) is 0 Å². The molecule has 1 unspecified atom stereocenters. The number of amides is 1. The molecule has 1 rings (SSSR count). The smallest absolute Gasteiger partial charge is 0.237 e. The molecule has 17 heavy (non-hydrogen) atoms. The second-order valence-electron chi connectivity index (χ2n) is 4.55. The van der Waals surface area contributed by atoms with Crippen molar-refractivity contribution in [3.05, 3.63) is 34.3 Å². The second-order valence-corrected chi connectivity index (χ2v) is 5.47. The number of rotatable bonds is 4. The van der Waals surface area contributed by atoms with Gasteiger partial charge in [0.25, 0.3) is 0 Å². The van der Waals surface area contributed by atoms with E-state index in [1.54, 1.807) is 0 Å². The maximum Gasteiger partial charge on any atom is 0.237 e. The van der Waals surface area contributed by atoms with Crippen molar-refractivity contribution in [2.75, 3.05) is 0 Å². The van der Waals surface area contributed by atoms with Gasteiger partial charge in [-0.25, -0.2) is 0 Å². The Morgan fingerprint density at radius 3 is 2.24 bits per heavy atom. The van der Waals surface area contributed by atoms with Crippen LogP contribution < -0.4 is 11.1 Å². The zero-order chi connectivity index (χ0) is 13.0. The van der Waals surface area contributed by atoms with Crippen molar-refractivity contribution in [1.29, 1.82) is 0 Å². The third kappa shape index (κ3) is 4.13. The molecule has 0 aliphatic rings. The Morgan fingerprint density at radius 2 is 1.76 bits per heavy atom. The largest absolute Gasteiger partial charge is 0.348 e. The first-order valence-electron chi connectivity index (χ1n) is 5.73. The molecule has 0 saturated heterocycles. The van der Waals surface area contributed by atoms with Crippen molar-refractivity contribution < 1.29 is 4.79 Å². The van der Waals surface area contributed by atoms with Gasteiger partial charge in [-0.15, -0.1) is 0 Å². The summed E-state index contributed by atoms with van der Waals surface area (Å²) in [5.74, 6) is 0.0440. The standard InChI is InChI=1S/C13H19BrN2O/c1-8(2)12(15)13(17)16-9(3)10-4-6-11(14)7-5-10/h4-9,12H,15H2,1-3H3,(H,16,17)/t9-,12?/m1/s1. The van der Waals surface area contributed by atoms with Crippen molar-refractivity contribution in [3.8, 4) is 0 Å². The Morgan fingerprint density at radius 1 is 1.24 bits per heavy atom. The van der Waals surface area contributed by atoms with E-state index in [2.05, 4.69) is 21.2 Å². The molecule has 1 amide bonds. The fourth-order valence-corrected chi connectivity index (χ4v) is 1.71. The zero-order valence-corrected chi connectivity index (χ0v) is 12.0. The van der Waals surface area contributed by atoms with Crippen molar-refractivity contribution in [3.63, 3.8) is 0 Å². The van der Waals surface area contributed by atoms with Crippen molar-refractivity contribution in [2.24, 2.45) is 11.7 Å². The lowest BCUT2D eigenvalue weighted by Crippen LogP contribution is -2.44. The molecule has 0 fully saturated rings. The summed E-state index contributed by atoms with van der Waals surface area (Å²) in [6.07, 6.45) is 0. The van der Waals surface area contributed by atoms with Gasteiger partial charge in [0.1, 0.15) is 0 Å². The minimum absolute atomic E-state index is 0.0274. The van der Waals surface area contributed by atoms with Gasteiger partial charge in [0, 0.05) is 4.47 Å². The number of nitrogens with two attached hydrogens (primary N) is 1. The van der Waals surface area contributed by atoms with E-state index in [0.29, 0.717) is 0 Å². The molecule has 3 nitrogen and oxygen atoms in total. The van der Waals surface area contributed by atoms with E-state index in [0.717, 1.165) is 10.0 Å². The van der Waals surface area contributed by atoms with Crippen LogP contribution >= 0.6 is 15.9 Å². The van der Waals surface area contributed by atoms with Gasteiger partial charge in [0.05, 0.1) is 12.1 Å². The van der Waals surface area contributed by atoms with E-state index < -0.39 is 6.04 Å². The molecule has 0 aliphatic heterocycles. The van der Waals surface area contributed by atoms with E-state index in [1.807, 2.05) is 45.0 Å². The van der Waals surface area contributed by atoms with Crippen LogP contribution in [0, 0.1) is 5.92 Å². The maximum atomic E-state index is 11.8. The van der Waals surface area contributed by atoms with Gasteiger partial charge in [-0.05, 0) is 30.5 Å². The third-order valence-corrected chi connectivity index (χ3v) is 3.28. The van der Waals surface area contributed by atoms with Gasteiger partial charge >= 0.3 is 0 Å². The Labute approximate surface area is 111 Å². The highest BCUT2D eigenvalue weighted by molar-refractivity contribution is 9.10. The van der Waals surface area contributed by atoms with Crippen LogP contribution in [0.25, 0.3) is 0 Å². The minimum atomic E-state index is -0.451. The molecule has 4 heteroatoms. The van der Waals surface area contributed by atoms with Gasteiger partial charge < -0.3 is 11.1 Å². The van der Waals surface area contributed by atoms with Gasteiger partial charge in [-0.3, -0.25) is 4.79 Å². The number of carbonyl (C=O) groups is 1. The Bertz CT molecular complexity index is 376. The molecule has 0 bridgehead atoms. The molecule has 0 spiro atoms. The summed E-state index contributed by atoms with van der Waals surface area (Å²) >= 11 is 3.38. The number of nitrogens with one attached hydrogen (secondary N) is 1. The lowest BCUT2D eigenvalue weighted by atomic mass is 10.0. The first-order chi connectivity index (χ1) is 7.91. The molecule has 0 aliphatic carbocycles. The summed E-state index contributed by atoms with van der Waals surface area (Å²) in [6, 6.07) is 7.40. The molecular formula is C13H19BrN2O. The second kappa shape index (κ2) is 6.17. The summed E-state index contributed by atoms with van der Waals surface area (Å²) in [4.78, 5) is 11.8. The summed E-state index contributed by atoms with van der Waals surface area (Å²) in [5.41, 5.74) is 6.86. The van der Waals surface area contributed by atoms with Gasteiger partial charge in [0.15, 0.2) is 0 Å². The van der Waals surface area contributed by atoms with Crippen LogP contribution in [0.2, 0.25) is 0 Å². The summed E-state index contributed by atoms with van der Waals surface area (Å²) in [7, 11) is 0. The molecule has 0 heterocycles. The van der Waals surface area contributed by atoms with Crippen molar-refractivity contribution in [1.82, 2.24) is 5.32 Å². The number of benzene rings is 1. The zero-order valence-electron chi connectivity index (χ0n) is 10.4. The van der Waals surface area contributed by atoms with Gasteiger partial charge in [-0.2, -0.15) is 0 Å². The van der Waals surface area contributed by atoms with Gasteiger partial charge in [0.2, 0.25) is 5.91 Å². The highest BCUT2D eigenvalue weighted by Crippen LogP contribution is 2.16. The molecule has 0 aromatic heterocycles. The average Bonchev–Trinajstić information content (AvgIpc) is 2.28. The van der Waals surface area contributed by atoms with Crippen LogP contribution in [0.1, 0.15) is 32.4 Å². The maximum absolute atomic E-state index is 11.8. The number of halogens is 1. The third-order valence-electron chi connectivity index (χ3n) is 2.75. The summed E-state index contributed by atoms with van der Waals surface area (Å²) in [5, 5.41) is 2.92. The minimum Gasteiger partial charge on any atom is -0.348 e. The quantitative estimate of drug-likeness (QED) is 0.898. The molecule has 1 aromatic carbocycles. The van der Waals surface area contributed by atoms with Crippen LogP contribution in [-0.4, -0.2) is 11.9 Å². The van der Waals surface area contributed by atoms with Gasteiger partial charge in [-0.1, -0.05) is 41.9 Å². The molecule has 0 radical (unpaired) electrons. The Kier molecular flexibility index (Phi) is 5.15. The Balaban J connectivity index is 2.63. The first kappa shape index (κ1) is 14.2. The van der Waals surface area contributed by atoms with Crippen LogP contribution in [0.5, 0.6) is 0 Å². The van der Waals surface area contributed by atoms with E-state index >= 15 is 0 Å². The van der Waals surface area contributed by atoms with Crippen LogP contribution in [0.4, 0.5) is 0 Å². The predicted molar refractivity (Wildman–Crippen MR) is 73.5 cm³/mol.